The molecule has 1 aromatic heterocycles. The number of aryl methyl sites for hydroxylation is 1. The summed E-state index contributed by atoms with van der Waals surface area (Å²) in [5, 5.41) is 0. The zero-order valence-corrected chi connectivity index (χ0v) is 12.6. The standard InChI is InChI=1S/C12H13N5O4S/c1-8-14-11(16-12(15-8)21-2)17(10(13)18)22(19,20)9-6-4-3-5-7-9/h3-7H,1-2H3,(H2,13,18). The monoisotopic (exact) mass is 323 g/mol. The maximum absolute atomic E-state index is 12.6. The quantitative estimate of drug-likeness (QED) is 0.865. The Morgan fingerprint density at radius 1 is 1.18 bits per heavy atom. The van der Waals surface area contributed by atoms with E-state index in [0.717, 1.165) is 0 Å². The lowest BCUT2D eigenvalue weighted by molar-refractivity contribution is 0.256. The lowest BCUT2D eigenvalue weighted by atomic mass is 10.4. The Bertz CT molecular complexity index is 794. The van der Waals surface area contributed by atoms with Gasteiger partial charge in [0.1, 0.15) is 5.82 Å². The molecule has 0 aliphatic carbocycles. The molecule has 1 heterocycles. The fourth-order valence-electron chi connectivity index (χ4n) is 1.65. The molecular formula is C12H13N5O4S. The summed E-state index contributed by atoms with van der Waals surface area (Å²) < 4.78 is 30.3. The molecule has 2 aromatic rings. The predicted molar refractivity (Wildman–Crippen MR) is 76.8 cm³/mol. The minimum atomic E-state index is -4.24. The number of hydrogen-bond donors (Lipinski definition) is 1. The molecular weight excluding hydrogens is 310 g/mol. The van der Waals surface area contributed by atoms with Gasteiger partial charge in [0.05, 0.1) is 12.0 Å². The van der Waals surface area contributed by atoms with E-state index in [1.165, 1.54) is 38.3 Å². The number of sulfonamides is 1. The highest BCUT2D eigenvalue weighted by atomic mass is 32.2. The van der Waals surface area contributed by atoms with Crippen LogP contribution in [0.4, 0.5) is 10.7 Å². The molecule has 0 bridgehead atoms. The van der Waals surface area contributed by atoms with Gasteiger partial charge < -0.3 is 10.5 Å². The lowest BCUT2D eigenvalue weighted by Gasteiger charge is -2.18. The van der Waals surface area contributed by atoms with E-state index in [9.17, 15) is 13.2 Å². The van der Waals surface area contributed by atoms with Crippen LogP contribution < -0.4 is 14.8 Å². The first kappa shape index (κ1) is 15.6. The van der Waals surface area contributed by atoms with Crippen LogP contribution in [0.5, 0.6) is 6.01 Å². The molecule has 0 spiro atoms. The first-order valence-electron chi connectivity index (χ1n) is 6.02. The second-order valence-corrected chi connectivity index (χ2v) is 5.88. The Morgan fingerprint density at radius 3 is 2.36 bits per heavy atom. The highest BCUT2D eigenvalue weighted by Gasteiger charge is 2.32. The zero-order valence-electron chi connectivity index (χ0n) is 11.8. The smallest absolute Gasteiger partial charge is 0.336 e. The number of methoxy groups -OCH3 is 1. The number of primary amides is 1. The average Bonchev–Trinajstić information content (AvgIpc) is 2.47. The van der Waals surface area contributed by atoms with Gasteiger partial charge in [-0.25, -0.2) is 13.2 Å². The Labute approximate surface area is 126 Å². The van der Waals surface area contributed by atoms with Crippen molar-refractivity contribution in [3.05, 3.63) is 36.2 Å². The van der Waals surface area contributed by atoms with Crippen LogP contribution in [0, 0.1) is 6.92 Å². The van der Waals surface area contributed by atoms with Crippen LogP contribution in [0.15, 0.2) is 35.2 Å². The van der Waals surface area contributed by atoms with Gasteiger partial charge in [0.2, 0.25) is 0 Å². The number of ether oxygens (including phenoxy) is 1. The van der Waals surface area contributed by atoms with Gasteiger partial charge in [0.15, 0.2) is 0 Å². The molecule has 2 N–H and O–H groups in total. The van der Waals surface area contributed by atoms with Crippen LogP contribution >= 0.6 is 0 Å². The molecule has 0 radical (unpaired) electrons. The molecule has 2 rings (SSSR count). The molecule has 0 aliphatic rings. The van der Waals surface area contributed by atoms with E-state index in [2.05, 4.69) is 15.0 Å². The maximum atomic E-state index is 12.6. The minimum Gasteiger partial charge on any atom is -0.467 e. The first-order valence-corrected chi connectivity index (χ1v) is 7.46. The van der Waals surface area contributed by atoms with Gasteiger partial charge in [0, 0.05) is 0 Å². The van der Waals surface area contributed by atoms with Crippen LogP contribution in [0.25, 0.3) is 0 Å². The summed E-state index contributed by atoms with van der Waals surface area (Å²) in [7, 11) is -2.94. The summed E-state index contributed by atoms with van der Waals surface area (Å²) in [5.41, 5.74) is 5.20. The van der Waals surface area contributed by atoms with Crippen LogP contribution in [0.1, 0.15) is 5.82 Å². The summed E-state index contributed by atoms with van der Waals surface area (Å²) in [6, 6.07) is 5.97. The van der Waals surface area contributed by atoms with Crippen molar-refractivity contribution in [2.24, 2.45) is 5.73 Å². The number of hydrogen-bond acceptors (Lipinski definition) is 7. The highest BCUT2D eigenvalue weighted by molar-refractivity contribution is 7.93. The molecule has 22 heavy (non-hydrogen) atoms. The second kappa shape index (κ2) is 5.93. The van der Waals surface area contributed by atoms with Crippen molar-refractivity contribution in [3.63, 3.8) is 0 Å². The largest absolute Gasteiger partial charge is 0.467 e. The zero-order chi connectivity index (χ0) is 16.3. The second-order valence-electron chi connectivity index (χ2n) is 4.09. The Hall–Kier alpha value is -2.75. The maximum Gasteiger partial charge on any atom is 0.336 e. The lowest BCUT2D eigenvalue weighted by Crippen LogP contribution is -2.42. The van der Waals surface area contributed by atoms with Gasteiger partial charge in [-0.3, -0.25) is 0 Å². The summed E-state index contributed by atoms with van der Waals surface area (Å²) in [6.45, 7) is 1.50. The molecule has 10 heteroatoms. The first-order chi connectivity index (χ1) is 10.4. The average molecular weight is 323 g/mol. The Morgan fingerprint density at radius 2 is 1.82 bits per heavy atom. The minimum absolute atomic E-state index is 0.120. The van der Waals surface area contributed by atoms with E-state index < -0.39 is 22.0 Å². The van der Waals surface area contributed by atoms with Gasteiger partial charge >= 0.3 is 12.0 Å². The number of nitrogens with two attached hydrogens (primary N) is 1. The van der Waals surface area contributed by atoms with Crippen molar-refractivity contribution < 1.29 is 17.9 Å². The van der Waals surface area contributed by atoms with Gasteiger partial charge in [-0.05, 0) is 19.1 Å². The van der Waals surface area contributed by atoms with Crippen molar-refractivity contribution in [2.75, 3.05) is 11.4 Å². The molecule has 9 nitrogen and oxygen atoms in total. The molecule has 116 valence electrons. The number of carbonyl (C=O) groups excluding carboxylic acids is 1. The number of anilines is 1. The van der Waals surface area contributed by atoms with Crippen LogP contribution in [0.2, 0.25) is 0 Å². The van der Waals surface area contributed by atoms with E-state index in [1.54, 1.807) is 6.07 Å². The number of nitrogens with zero attached hydrogens (tertiary/aromatic N) is 4. The molecule has 0 fully saturated rings. The Kier molecular flexibility index (Phi) is 4.22. The summed E-state index contributed by atoms with van der Waals surface area (Å²) in [5.74, 6) is -0.253. The number of amides is 2. The molecule has 0 unspecified atom stereocenters. The summed E-state index contributed by atoms with van der Waals surface area (Å²) >= 11 is 0. The predicted octanol–water partition coefficient (Wildman–Crippen LogP) is 0.463. The molecule has 0 aliphatic heterocycles. The van der Waals surface area contributed by atoms with Crippen molar-refractivity contribution >= 4 is 22.0 Å². The third-order valence-corrected chi connectivity index (χ3v) is 4.25. The van der Waals surface area contributed by atoms with E-state index >= 15 is 0 Å². The number of rotatable bonds is 4. The third kappa shape index (κ3) is 2.96. The molecule has 0 saturated heterocycles. The number of benzene rings is 1. The van der Waals surface area contributed by atoms with Crippen LogP contribution in [-0.4, -0.2) is 36.5 Å². The summed E-state index contributed by atoms with van der Waals surface area (Å²) in [4.78, 5) is 23.0. The van der Waals surface area contributed by atoms with Crippen molar-refractivity contribution in [1.29, 1.82) is 0 Å². The fourth-order valence-corrected chi connectivity index (χ4v) is 2.89. The van der Waals surface area contributed by atoms with Gasteiger partial charge in [-0.1, -0.05) is 18.2 Å². The molecule has 0 saturated carbocycles. The van der Waals surface area contributed by atoms with E-state index in [0.29, 0.717) is 4.31 Å². The van der Waals surface area contributed by atoms with E-state index in [1.807, 2.05) is 0 Å². The fraction of sp³-hybridized carbons (Fsp3) is 0.167. The highest BCUT2D eigenvalue weighted by Crippen LogP contribution is 2.21. The number of urea groups is 1. The van der Waals surface area contributed by atoms with Crippen molar-refractivity contribution in [1.82, 2.24) is 15.0 Å². The van der Waals surface area contributed by atoms with Crippen molar-refractivity contribution in [3.8, 4) is 6.01 Å². The number of carbonyl (C=O) groups is 1. The third-order valence-electron chi connectivity index (χ3n) is 2.56. The molecule has 1 aromatic carbocycles. The topological polar surface area (TPSA) is 128 Å². The number of aromatic nitrogens is 3. The Balaban J connectivity index is 2.61. The van der Waals surface area contributed by atoms with Crippen molar-refractivity contribution in [2.45, 2.75) is 11.8 Å². The van der Waals surface area contributed by atoms with E-state index in [4.69, 9.17) is 10.5 Å². The normalized spacial score (nSPS) is 11.0. The van der Waals surface area contributed by atoms with Crippen LogP contribution in [0.3, 0.4) is 0 Å². The van der Waals surface area contributed by atoms with Gasteiger partial charge in [-0.15, -0.1) is 4.31 Å². The SMILES string of the molecule is COc1nc(C)nc(N(C(N)=O)S(=O)(=O)c2ccccc2)n1. The van der Waals surface area contributed by atoms with Crippen LogP contribution in [-0.2, 0) is 10.0 Å². The van der Waals surface area contributed by atoms with Gasteiger partial charge in [-0.2, -0.15) is 15.0 Å². The molecule has 2 amide bonds. The molecule has 0 atom stereocenters. The van der Waals surface area contributed by atoms with E-state index in [-0.39, 0.29) is 16.7 Å². The van der Waals surface area contributed by atoms with Gasteiger partial charge in [0.25, 0.3) is 16.0 Å². The summed E-state index contributed by atoms with van der Waals surface area (Å²) in [6.07, 6.45) is 0.